The molecule has 0 aliphatic carbocycles. The highest BCUT2D eigenvalue weighted by Gasteiger charge is 2.36. The Kier molecular flexibility index (Phi) is 7.14. The second kappa shape index (κ2) is 9.16. The summed E-state index contributed by atoms with van der Waals surface area (Å²) < 4.78 is 26.1. The minimum atomic E-state index is -3.82. The summed E-state index contributed by atoms with van der Waals surface area (Å²) in [6.45, 7) is 2.07. The predicted octanol–water partition coefficient (Wildman–Crippen LogP) is -0.682. The lowest BCUT2D eigenvalue weighted by atomic mass is 10.1. The highest BCUT2D eigenvalue weighted by atomic mass is 32.2. The molecule has 0 radical (unpaired) electrons. The lowest BCUT2D eigenvalue weighted by Gasteiger charge is -2.26. The summed E-state index contributed by atoms with van der Waals surface area (Å²) >= 11 is 0. The van der Waals surface area contributed by atoms with Gasteiger partial charge in [0.25, 0.3) is 0 Å². The van der Waals surface area contributed by atoms with E-state index in [1.54, 1.807) is 12.1 Å². The van der Waals surface area contributed by atoms with E-state index in [0.717, 1.165) is 11.8 Å². The van der Waals surface area contributed by atoms with Gasteiger partial charge in [0.1, 0.15) is 6.29 Å². The fourth-order valence-electron chi connectivity index (χ4n) is 3.23. The van der Waals surface area contributed by atoms with Crippen LogP contribution in [0.1, 0.15) is 24.8 Å². The molecule has 1 saturated heterocycles. The first-order valence-corrected chi connectivity index (χ1v) is 10.6. The molecule has 9 nitrogen and oxygen atoms in total. The van der Waals surface area contributed by atoms with Crippen LogP contribution in [0.2, 0.25) is 0 Å². The minimum Gasteiger partial charge on any atom is -0.370 e. The molecule has 1 amide bonds. The van der Waals surface area contributed by atoms with E-state index in [9.17, 15) is 18.0 Å². The number of carbonyl (C=O) groups is 2. The average Bonchev–Trinajstić information content (AvgIpc) is 3.13. The first-order valence-electron chi connectivity index (χ1n) is 9.04. The van der Waals surface area contributed by atoms with Crippen LogP contribution in [0.4, 0.5) is 0 Å². The molecule has 10 heteroatoms. The van der Waals surface area contributed by atoms with Gasteiger partial charge in [0.15, 0.2) is 15.8 Å². The number of hydrogen-bond donors (Lipinski definition) is 3. The van der Waals surface area contributed by atoms with Crippen LogP contribution in [0.15, 0.2) is 34.2 Å². The molecular weight excluding hydrogens is 382 g/mol. The molecule has 0 bridgehead atoms. The molecule has 6 N–H and O–H groups in total. The largest absolute Gasteiger partial charge is 0.370 e. The predicted molar refractivity (Wildman–Crippen MR) is 106 cm³/mol. The fraction of sp³-hybridized carbons (Fsp3) is 0.500. The maximum absolute atomic E-state index is 13.1. The molecule has 0 aromatic heterocycles. The van der Waals surface area contributed by atoms with Crippen LogP contribution >= 0.6 is 0 Å². The van der Waals surface area contributed by atoms with E-state index in [4.69, 9.17) is 17.2 Å². The zero-order chi connectivity index (χ0) is 20.9. The van der Waals surface area contributed by atoms with Gasteiger partial charge in [-0.15, -0.1) is 0 Å². The molecule has 28 heavy (non-hydrogen) atoms. The molecule has 1 aromatic carbocycles. The number of sulfone groups is 1. The van der Waals surface area contributed by atoms with Crippen molar-refractivity contribution in [2.45, 2.75) is 48.4 Å². The summed E-state index contributed by atoms with van der Waals surface area (Å²) in [5, 5.41) is -1.08. The highest BCUT2D eigenvalue weighted by molar-refractivity contribution is 7.92. The molecule has 3 atom stereocenters. The van der Waals surface area contributed by atoms with Gasteiger partial charge in [-0.3, -0.25) is 9.79 Å². The van der Waals surface area contributed by atoms with Gasteiger partial charge >= 0.3 is 0 Å². The molecule has 1 fully saturated rings. The molecule has 1 unspecified atom stereocenters. The molecule has 2 rings (SSSR count). The van der Waals surface area contributed by atoms with Gasteiger partial charge in [0.05, 0.1) is 28.8 Å². The van der Waals surface area contributed by atoms with E-state index in [0.29, 0.717) is 19.4 Å². The fourth-order valence-corrected chi connectivity index (χ4v) is 4.86. The van der Waals surface area contributed by atoms with Gasteiger partial charge in [-0.25, -0.2) is 8.42 Å². The van der Waals surface area contributed by atoms with Gasteiger partial charge in [-0.2, -0.15) is 0 Å². The lowest BCUT2D eigenvalue weighted by Crippen LogP contribution is -2.48. The third-order valence-corrected chi connectivity index (χ3v) is 6.99. The SMILES string of the molecule is Cc1ccc(S(=O)(=O)C(CN=C(N)N)C[C@H](N)C(=O)N2CCC[C@H]2C=O)cc1. The number of hydrogen-bond acceptors (Lipinski definition) is 6. The van der Waals surface area contributed by atoms with Gasteiger partial charge in [-0.05, 0) is 38.3 Å². The summed E-state index contributed by atoms with van der Waals surface area (Å²) in [7, 11) is -3.82. The van der Waals surface area contributed by atoms with Gasteiger partial charge < -0.3 is 26.9 Å². The summed E-state index contributed by atoms with van der Waals surface area (Å²) in [6.07, 6.45) is 1.85. The van der Waals surface area contributed by atoms with E-state index in [1.165, 1.54) is 17.0 Å². The van der Waals surface area contributed by atoms with E-state index in [1.807, 2.05) is 6.92 Å². The Morgan fingerprint density at radius 2 is 1.96 bits per heavy atom. The van der Waals surface area contributed by atoms with E-state index in [-0.39, 0.29) is 23.8 Å². The van der Waals surface area contributed by atoms with E-state index in [2.05, 4.69) is 4.99 Å². The van der Waals surface area contributed by atoms with E-state index < -0.39 is 33.1 Å². The van der Waals surface area contributed by atoms with Crippen LogP contribution in [0, 0.1) is 6.92 Å². The number of benzene rings is 1. The lowest BCUT2D eigenvalue weighted by molar-refractivity contribution is -0.135. The highest BCUT2D eigenvalue weighted by Crippen LogP contribution is 2.22. The van der Waals surface area contributed by atoms with Crippen molar-refractivity contribution >= 4 is 28.0 Å². The van der Waals surface area contributed by atoms with Crippen LogP contribution in [0.5, 0.6) is 0 Å². The third-order valence-electron chi connectivity index (χ3n) is 4.84. The number of carbonyl (C=O) groups excluding carboxylic acids is 2. The third kappa shape index (κ3) is 5.08. The van der Waals surface area contributed by atoms with Crippen LogP contribution in [0.25, 0.3) is 0 Å². The average molecular weight is 410 g/mol. The smallest absolute Gasteiger partial charge is 0.240 e. The number of guanidine groups is 1. The number of aryl methyl sites for hydroxylation is 1. The first-order chi connectivity index (χ1) is 13.2. The second-order valence-corrected chi connectivity index (χ2v) is 9.19. The van der Waals surface area contributed by atoms with Crippen molar-refractivity contribution in [3.05, 3.63) is 29.8 Å². The molecule has 0 spiro atoms. The van der Waals surface area contributed by atoms with E-state index >= 15 is 0 Å². The molecular formula is C18H27N5O4S. The Bertz CT molecular complexity index is 834. The van der Waals surface area contributed by atoms with Crippen LogP contribution in [0.3, 0.4) is 0 Å². The standard InChI is InChI=1S/C18H27N5O4S/c1-12-4-6-14(7-5-12)28(26,27)15(10-22-18(20)21)9-16(19)17(25)23-8-2-3-13(23)11-24/h4-7,11,13,15-16H,2-3,8-10,19H2,1H3,(H4,20,21,22)/t13-,15?,16-/m0/s1. The molecule has 1 aromatic rings. The minimum absolute atomic E-state index is 0.112. The Morgan fingerprint density at radius 1 is 1.32 bits per heavy atom. The molecule has 0 saturated carbocycles. The summed E-state index contributed by atoms with van der Waals surface area (Å²) in [4.78, 5) is 29.2. The number of nitrogens with zero attached hydrogens (tertiary/aromatic N) is 2. The topological polar surface area (TPSA) is 162 Å². The summed E-state index contributed by atoms with van der Waals surface area (Å²) in [5.41, 5.74) is 17.7. The second-order valence-electron chi connectivity index (χ2n) is 6.97. The number of aldehydes is 1. The normalized spacial score (nSPS) is 19.1. The van der Waals surface area contributed by atoms with Crippen molar-refractivity contribution < 1.29 is 18.0 Å². The number of nitrogens with two attached hydrogens (primary N) is 3. The Balaban J connectivity index is 2.25. The van der Waals surface area contributed by atoms with Gasteiger partial charge in [0.2, 0.25) is 5.91 Å². The van der Waals surface area contributed by atoms with Crippen molar-refractivity contribution in [3.8, 4) is 0 Å². The molecule has 1 aliphatic heterocycles. The van der Waals surface area contributed by atoms with Gasteiger partial charge in [0, 0.05) is 6.54 Å². The van der Waals surface area contributed by atoms with Crippen molar-refractivity contribution in [2.75, 3.05) is 13.1 Å². The van der Waals surface area contributed by atoms with Crippen molar-refractivity contribution in [1.82, 2.24) is 4.90 Å². The molecule has 1 heterocycles. The first kappa shape index (κ1) is 21.8. The monoisotopic (exact) mass is 409 g/mol. The molecule has 1 aliphatic rings. The summed E-state index contributed by atoms with van der Waals surface area (Å²) in [5.74, 6) is -0.687. The quantitative estimate of drug-likeness (QED) is 0.291. The zero-order valence-corrected chi connectivity index (χ0v) is 16.6. The van der Waals surface area contributed by atoms with Crippen molar-refractivity contribution in [1.29, 1.82) is 0 Å². The summed E-state index contributed by atoms with van der Waals surface area (Å²) in [6, 6.07) is 4.79. The maximum Gasteiger partial charge on any atom is 0.240 e. The van der Waals surface area contributed by atoms with Crippen molar-refractivity contribution in [2.24, 2.45) is 22.2 Å². The Morgan fingerprint density at radius 3 is 2.54 bits per heavy atom. The number of aliphatic imine (C=N–C) groups is 1. The Labute approximate surface area is 164 Å². The van der Waals surface area contributed by atoms with Crippen LogP contribution in [-0.4, -0.2) is 61.9 Å². The van der Waals surface area contributed by atoms with Crippen LogP contribution < -0.4 is 17.2 Å². The van der Waals surface area contributed by atoms with Crippen LogP contribution in [-0.2, 0) is 19.4 Å². The number of likely N-dealkylation sites (tertiary alicyclic amines) is 1. The number of amides is 1. The maximum atomic E-state index is 13.1. The van der Waals surface area contributed by atoms with Crippen molar-refractivity contribution in [3.63, 3.8) is 0 Å². The zero-order valence-electron chi connectivity index (χ0n) is 15.8. The molecule has 154 valence electrons. The number of rotatable bonds is 8. The Hall–Kier alpha value is -2.46. The van der Waals surface area contributed by atoms with Gasteiger partial charge in [-0.1, -0.05) is 17.7 Å².